The number of amides is 1. The van der Waals surface area contributed by atoms with E-state index in [1.54, 1.807) is 16.9 Å². The van der Waals surface area contributed by atoms with Crippen molar-refractivity contribution in [2.75, 3.05) is 13.2 Å². The van der Waals surface area contributed by atoms with Gasteiger partial charge < -0.3 is 20.1 Å². The molecule has 0 aromatic carbocycles. The summed E-state index contributed by atoms with van der Waals surface area (Å²) >= 11 is 1.15. The van der Waals surface area contributed by atoms with E-state index in [-0.39, 0.29) is 30.4 Å². The third kappa shape index (κ3) is 4.45. The van der Waals surface area contributed by atoms with Gasteiger partial charge in [0, 0.05) is 24.0 Å². The first-order chi connectivity index (χ1) is 8.91. The molecule has 6 nitrogen and oxygen atoms in total. The highest BCUT2D eigenvalue weighted by molar-refractivity contribution is 7.07. The number of aliphatic hydroxyl groups is 2. The first-order valence-corrected chi connectivity index (χ1v) is 6.97. The predicted molar refractivity (Wildman–Crippen MR) is 73.3 cm³/mol. The van der Waals surface area contributed by atoms with Crippen molar-refractivity contribution in [2.45, 2.75) is 38.8 Å². The fourth-order valence-corrected chi connectivity index (χ4v) is 2.36. The summed E-state index contributed by atoms with van der Waals surface area (Å²) in [5.41, 5.74) is -0.0994. The molecule has 0 spiro atoms. The zero-order chi connectivity index (χ0) is 14.5. The molecule has 1 rings (SSSR count). The average Bonchev–Trinajstić information content (AvgIpc) is 2.70. The Labute approximate surface area is 115 Å². The third-order valence-corrected chi connectivity index (χ3v) is 3.78. The normalized spacial score (nSPS) is 11.6. The van der Waals surface area contributed by atoms with Gasteiger partial charge in [0.05, 0.1) is 18.8 Å². The molecule has 108 valence electrons. The molecule has 0 saturated heterocycles. The highest BCUT2D eigenvalue weighted by Crippen LogP contribution is 2.05. The van der Waals surface area contributed by atoms with Crippen LogP contribution in [0, 0.1) is 6.92 Å². The molecule has 0 unspecified atom stereocenters. The molecule has 0 aliphatic carbocycles. The Balaban J connectivity index is 2.42. The Bertz CT molecular complexity index is 476. The van der Waals surface area contributed by atoms with Crippen molar-refractivity contribution in [1.29, 1.82) is 0 Å². The van der Waals surface area contributed by atoms with Gasteiger partial charge in [-0.05, 0) is 20.3 Å². The van der Waals surface area contributed by atoms with Gasteiger partial charge in [-0.25, -0.2) is 0 Å². The Morgan fingerprint density at radius 1 is 1.47 bits per heavy atom. The van der Waals surface area contributed by atoms with Gasteiger partial charge in [0.25, 0.3) is 0 Å². The van der Waals surface area contributed by atoms with E-state index in [4.69, 9.17) is 10.2 Å². The SMILES string of the molecule is Cc1csc(=O)n1CCCC(=O)NC(C)(CO)CO. The number of hydrogen-bond acceptors (Lipinski definition) is 5. The Hall–Kier alpha value is -1.18. The molecule has 1 amide bonds. The summed E-state index contributed by atoms with van der Waals surface area (Å²) in [4.78, 5) is 23.1. The maximum atomic E-state index is 11.7. The number of hydrogen-bond donors (Lipinski definition) is 3. The van der Waals surface area contributed by atoms with Crippen LogP contribution in [0.1, 0.15) is 25.5 Å². The van der Waals surface area contributed by atoms with Crippen LogP contribution in [0.15, 0.2) is 10.2 Å². The van der Waals surface area contributed by atoms with Crippen LogP contribution in [-0.2, 0) is 11.3 Å². The number of aliphatic hydroxyl groups excluding tert-OH is 2. The molecular weight excluding hydrogens is 268 g/mol. The third-order valence-electron chi connectivity index (χ3n) is 2.90. The molecule has 7 heteroatoms. The highest BCUT2D eigenvalue weighted by Gasteiger charge is 2.24. The second-order valence-corrected chi connectivity index (χ2v) is 5.64. The number of carbonyl (C=O) groups excluding carboxylic acids is 1. The summed E-state index contributed by atoms with van der Waals surface area (Å²) < 4.78 is 1.63. The number of nitrogens with one attached hydrogen (secondary N) is 1. The maximum absolute atomic E-state index is 11.7. The summed E-state index contributed by atoms with van der Waals surface area (Å²) in [5, 5.41) is 22.5. The number of rotatable bonds is 7. The van der Waals surface area contributed by atoms with Crippen LogP contribution in [0.3, 0.4) is 0 Å². The van der Waals surface area contributed by atoms with Crippen molar-refractivity contribution >= 4 is 17.2 Å². The topological polar surface area (TPSA) is 91.6 Å². The van der Waals surface area contributed by atoms with Crippen molar-refractivity contribution in [3.8, 4) is 0 Å². The lowest BCUT2D eigenvalue weighted by atomic mass is 10.1. The summed E-state index contributed by atoms with van der Waals surface area (Å²) in [5.74, 6) is -0.244. The minimum atomic E-state index is -0.994. The molecule has 1 heterocycles. The summed E-state index contributed by atoms with van der Waals surface area (Å²) in [7, 11) is 0. The smallest absolute Gasteiger partial charge is 0.307 e. The fraction of sp³-hybridized carbons (Fsp3) is 0.667. The van der Waals surface area contributed by atoms with E-state index >= 15 is 0 Å². The van der Waals surface area contributed by atoms with Crippen LogP contribution < -0.4 is 10.2 Å². The van der Waals surface area contributed by atoms with E-state index in [1.807, 2.05) is 6.92 Å². The van der Waals surface area contributed by atoms with Gasteiger partial charge in [-0.3, -0.25) is 9.59 Å². The van der Waals surface area contributed by atoms with Crippen molar-refractivity contribution in [3.63, 3.8) is 0 Å². The molecule has 3 N–H and O–H groups in total. The number of aryl methyl sites for hydroxylation is 1. The first-order valence-electron chi connectivity index (χ1n) is 6.09. The van der Waals surface area contributed by atoms with Gasteiger partial charge in [-0.1, -0.05) is 11.3 Å². The minimum absolute atomic E-state index is 0.0199. The Kier molecular flexibility index (Phi) is 5.71. The molecule has 0 radical (unpaired) electrons. The highest BCUT2D eigenvalue weighted by atomic mass is 32.1. The molecule has 19 heavy (non-hydrogen) atoms. The Morgan fingerprint density at radius 3 is 2.58 bits per heavy atom. The predicted octanol–water partition coefficient (Wildman–Crippen LogP) is -0.142. The molecule has 0 aliphatic heterocycles. The fourth-order valence-electron chi connectivity index (χ4n) is 1.60. The van der Waals surface area contributed by atoms with Gasteiger partial charge >= 0.3 is 4.87 Å². The lowest BCUT2D eigenvalue weighted by Gasteiger charge is -2.26. The number of aromatic nitrogens is 1. The Morgan fingerprint density at radius 2 is 2.11 bits per heavy atom. The van der Waals surface area contributed by atoms with Crippen LogP contribution in [0.2, 0.25) is 0 Å². The zero-order valence-electron chi connectivity index (χ0n) is 11.2. The molecule has 0 fully saturated rings. The van der Waals surface area contributed by atoms with Crippen LogP contribution >= 0.6 is 11.3 Å². The minimum Gasteiger partial charge on any atom is -0.394 e. The van der Waals surface area contributed by atoms with E-state index in [1.165, 1.54) is 0 Å². The van der Waals surface area contributed by atoms with Crippen molar-refractivity contribution < 1.29 is 15.0 Å². The van der Waals surface area contributed by atoms with Crippen LogP contribution in [0.4, 0.5) is 0 Å². The van der Waals surface area contributed by atoms with Gasteiger partial charge in [-0.2, -0.15) is 0 Å². The molecule has 0 bridgehead atoms. The van der Waals surface area contributed by atoms with Crippen molar-refractivity contribution in [2.24, 2.45) is 0 Å². The lowest BCUT2D eigenvalue weighted by molar-refractivity contribution is -0.124. The van der Waals surface area contributed by atoms with Crippen LogP contribution in [0.5, 0.6) is 0 Å². The van der Waals surface area contributed by atoms with E-state index < -0.39 is 5.54 Å². The first kappa shape index (κ1) is 15.9. The largest absolute Gasteiger partial charge is 0.394 e. The van der Waals surface area contributed by atoms with Gasteiger partial charge in [0.1, 0.15) is 0 Å². The van der Waals surface area contributed by atoms with E-state index in [9.17, 15) is 9.59 Å². The van der Waals surface area contributed by atoms with Crippen molar-refractivity contribution in [3.05, 3.63) is 20.7 Å². The lowest BCUT2D eigenvalue weighted by Crippen LogP contribution is -2.51. The second-order valence-electron chi connectivity index (χ2n) is 4.82. The molecular formula is C12H20N2O4S. The van der Waals surface area contributed by atoms with Gasteiger partial charge in [-0.15, -0.1) is 0 Å². The maximum Gasteiger partial charge on any atom is 0.307 e. The average molecular weight is 288 g/mol. The van der Waals surface area contributed by atoms with Gasteiger partial charge in [0.2, 0.25) is 5.91 Å². The summed E-state index contributed by atoms with van der Waals surface area (Å²) in [6.45, 7) is 3.28. The number of nitrogens with zero attached hydrogens (tertiary/aromatic N) is 1. The summed E-state index contributed by atoms with van der Waals surface area (Å²) in [6, 6.07) is 0. The standard InChI is InChI=1S/C12H20N2O4S/c1-9-6-19-11(18)14(9)5-3-4-10(17)13-12(2,7-15)8-16/h6,15-16H,3-5,7-8H2,1-2H3,(H,13,17). The van der Waals surface area contributed by atoms with Gasteiger partial charge in [0.15, 0.2) is 0 Å². The number of carbonyl (C=O) groups is 1. The monoisotopic (exact) mass is 288 g/mol. The summed E-state index contributed by atoms with van der Waals surface area (Å²) in [6.07, 6.45) is 0.785. The molecule has 0 saturated carbocycles. The van der Waals surface area contributed by atoms with E-state index in [0.29, 0.717) is 13.0 Å². The molecule has 0 aliphatic rings. The van der Waals surface area contributed by atoms with Crippen molar-refractivity contribution in [1.82, 2.24) is 9.88 Å². The van der Waals surface area contributed by atoms with E-state index in [2.05, 4.69) is 5.32 Å². The quantitative estimate of drug-likeness (QED) is 0.651. The number of thiazole rings is 1. The van der Waals surface area contributed by atoms with Crippen LogP contribution in [-0.4, -0.2) is 39.4 Å². The molecule has 1 aromatic rings. The molecule has 1 aromatic heterocycles. The zero-order valence-corrected chi connectivity index (χ0v) is 12.0. The molecule has 0 atom stereocenters. The van der Waals surface area contributed by atoms with Crippen LogP contribution in [0.25, 0.3) is 0 Å². The second kappa shape index (κ2) is 6.83. The van der Waals surface area contributed by atoms with E-state index in [0.717, 1.165) is 17.0 Å².